The summed E-state index contributed by atoms with van der Waals surface area (Å²) in [5.74, 6) is 0. The average Bonchev–Trinajstić information content (AvgIpc) is 2.45. The molecule has 1 unspecified atom stereocenters. The largest absolute Gasteiger partial charge is 0.387 e. The number of methoxy groups -OCH3 is 1. The van der Waals surface area contributed by atoms with E-state index in [-0.39, 0.29) is 0 Å². The summed E-state index contributed by atoms with van der Waals surface area (Å²) in [4.78, 5) is 0. The molecule has 1 rings (SSSR count). The van der Waals surface area contributed by atoms with Gasteiger partial charge in [-0.15, -0.1) is 0 Å². The molecule has 0 saturated carbocycles. The van der Waals surface area contributed by atoms with Gasteiger partial charge in [0.15, 0.2) is 0 Å². The zero-order valence-electron chi connectivity index (χ0n) is 12.0. The third-order valence-electron chi connectivity index (χ3n) is 2.90. The summed E-state index contributed by atoms with van der Waals surface area (Å²) in [5.41, 5.74) is 0.926. The molecule has 5 heteroatoms. The fourth-order valence-electron chi connectivity index (χ4n) is 1.77. The summed E-state index contributed by atoms with van der Waals surface area (Å²) in [6.45, 7) is 3.53. The Morgan fingerprint density at radius 3 is 2.85 bits per heavy atom. The first-order valence-corrected chi connectivity index (χ1v) is 7.74. The van der Waals surface area contributed by atoms with Crippen LogP contribution in [0, 0.1) is 0 Å². The van der Waals surface area contributed by atoms with Crippen molar-refractivity contribution in [2.45, 2.75) is 18.9 Å². The molecule has 1 atom stereocenters. The van der Waals surface area contributed by atoms with Crippen LogP contribution in [0.3, 0.4) is 0 Å². The number of benzene rings is 1. The van der Waals surface area contributed by atoms with Crippen molar-refractivity contribution in [3.05, 3.63) is 34.3 Å². The first kappa shape index (κ1) is 17.6. The molecule has 0 amide bonds. The molecule has 0 saturated heterocycles. The molecular weight excluding hydrogens is 322 g/mol. The summed E-state index contributed by atoms with van der Waals surface area (Å²) in [6, 6.07) is 7.75. The molecule has 1 aromatic rings. The molecule has 2 N–H and O–H groups in total. The van der Waals surface area contributed by atoms with Crippen LogP contribution in [0.2, 0.25) is 0 Å². The van der Waals surface area contributed by atoms with Crippen LogP contribution in [-0.2, 0) is 9.47 Å². The van der Waals surface area contributed by atoms with Gasteiger partial charge in [-0.25, -0.2) is 0 Å². The molecule has 114 valence electrons. The number of unbranched alkanes of at least 4 members (excludes halogenated alkanes) is 1. The van der Waals surface area contributed by atoms with E-state index in [0.717, 1.165) is 36.0 Å². The van der Waals surface area contributed by atoms with Crippen LogP contribution in [-0.4, -0.2) is 45.1 Å². The van der Waals surface area contributed by atoms with Crippen LogP contribution >= 0.6 is 15.9 Å². The summed E-state index contributed by atoms with van der Waals surface area (Å²) >= 11 is 3.40. The van der Waals surface area contributed by atoms with Crippen LogP contribution in [0.15, 0.2) is 28.7 Å². The monoisotopic (exact) mass is 345 g/mol. The molecule has 4 nitrogen and oxygen atoms in total. The minimum absolute atomic E-state index is 0.467. The Bertz CT molecular complexity index is 363. The Balaban J connectivity index is 2.01. The van der Waals surface area contributed by atoms with Gasteiger partial charge in [-0.05, 0) is 37.1 Å². The lowest BCUT2D eigenvalue weighted by atomic mass is 10.1. The van der Waals surface area contributed by atoms with Crippen molar-refractivity contribution in [1.29, 1.82) is 0 Å². The van der Waals surface area contributed by atoms with Gasteiger partial charge < -0.3 is 19.9 Å². The smallest absolute Gasteiger partial charge is 0.0914 e. The predicted octanol–water partition coefficient (Wildman–Crippen LogP) is 2.52. The number of aliphatic hydroxyl groups is 1. The Morgan fingerprint density at radius 2 is 2.10 bits per heavy atom. The van der Waals surface area contributed by atoms with Gasteiger partial charge in [-0.2, -0.15) is 0 Å². The van der Waals surface area contributed by atoms with Gasteiger partial charge in [0.1, 0.15) is 0 Å². The average molecular weight is 346 g/mol. The zero-order chi connectivity index (χ0) is 14.6. The second-order valence-corrected chi connectivity index (χ2v) is 5.50. The molecule has 0 aliphatic rings. The maximum Gasteiger partial charge on any atom is 0.0914 e. The molecule has 0 heterocycles. The molecule has 0 aliphatic carbocycles. The van der Waals surface area contributed by atoms with Crippen LogP contribution in [0.25, 0.3) is 0 Å². The number of rotatable bonds is 11. The molecule has 0 bridgehead atoms. The lowest BCUT2D eigenvalue weighted by molar-refractivity contribution is 0.0687. The highest BCUT2D eigenvalue weighted by Crippen LogP contribution is 2.17. The van der Waals surface area contributed by atoms with E-state index in [1.165, 1.54) is 0 Å². The maximum atomic E-state index is 10.0. The van der Waals surface area contributed by atoms with Crippen LogP contribution in [0.4, 0.5) is 0 Å². The van der Waals surface area contributed by atoms with Gasteiger partial charge in [-0.1, -0.05) is 28.1 Å². The number of ether oxygens (including phenoxy) is 2. The quantitative estimate of drug-likeness (QED) is 0.605. The van der Waals surface area contributed by atoms with E-state index in [4.69, 9.17) is 9.47 Å². The van der Waals surface area contributed by atoms with E-state index < -0.39 is 6.10 Å². The van der Waals surface area contributed by atoms with Crippen LogP contribution in [0.5, 0.6) is 0 Å². The summed E-state index contributed by atoms with van der Waals surface area (Å²) in [6.07, 6.45) is 1.59. The molecule has 20 heavy (non-hydrogen) atoms. The Hall–Kier alpha value is -0.460. The lowest BCUT2D eigenvalue weighted by Crippen LogP contribution is -2.22. The first-order valence-electron chi connectivity index (χ1n) is 6.95. The Labute approximate surface area is 129 Å². The summed E-state index contributed by atoms with van der Waals surface area (Å²) in [5, 5.41) is 13.3. The van der Waals surface area contributed by atoms with Crippen molar-refractivity contribution in [2.75, 3.05) is 40.0 Å². The van der Waals surface area contributed by atoms with Gasteiger partial charge in [0.25, 0.3) is 0 Å². The first-order chi connectivity index (χ1) is 9.74. The van der Waals surface area contributed by atoms with Crippen molar-refractivity contribution in [2.24, 2.45) is 0 Å². The van der Waals surface area contributed by atoms with Gasteiger partial charge in [0, 0.05) is 24.7 Å². The number of hydrogen-bond donors (Lipinski definition) is 2. The Morgan fingerprint density at radius 1 is 1.25 bits per heavy atom. The number of halogens is 1. The minimum Gasteiger partial charge on any atom is -0.387 e. The highest BCUT2D eigenvalue weighted by atomic mass is 79.9. The van der Waals surface area contributed by atoms with Crippen molar-refractivity contribution >= 4 is 15.9 Å². The zero-order valence-corrected chi connectivity index (χ0v) is 13.6. The van der Waals surface area contributed by atoms with E-state index in [9.17, 15) is 5.11 Å². The van der Waals surface area contributed by atoms with E-state index in [1.807, 2.05) is 24.3 Å². The number of aliphatic hydroxyl groups excluding tert-OH is 1. The van der Waals surface area contributed by atoms with Crippen molar-refractivity contribution < 1.29 is 14.6 Å². The normalized spacial score (nSPS) is 12.6. The fourth-order valence-corrected chi connectivity index (χ4v) is 2.19. The van der Waals surface area contributed by atoms with Gasteiger partial charge >= 0.3 is 0 Å². The molecule has 1 aromatic carbocycles. The molecule has 0 aromatic heterocycles. The van der Waals surface area contributed by atoms with Gasteiger partial charge in [-0.3, -0.25) is 0 Å². The highest BCUT2D eigenvalue weighted by molar-refractivity contribution is 9.10. The van der Waals surface area contributed by atoms with Gasteiger partial charge in [0.05, 0.1) is 19.3 Å². The Kier molecular flexibility index (Phi) is 9.87. The predicted molar refractivity (Wildman–Crippen MR) is 83.9 cm³/mol. The standard InChI is InChI=1S/C15H24BrNO3/c1-19-9-10-20-8-3-2-7-17-12-15(18)13-5-4-6-14(16)11-13/h4-6,11,15,17-18H,2-3,7-10,12H2,1H3. The van der Waals surface area contributed by atoms with E-state index in [1.54, 1.807) is 7.11 Å². The highest BCUT2D eigenvalue weighted by Gasteiger charge is 2.06. The van der Waals surface area contributed by atoms with Crippen molar-refractivity contribution in [1.82, 2.24) is 5.32 Å². The topological polar surface area (TPSA) is 50.7 Å². The molecular formula is C15H24BrNO3. The van der Waals surface area contributed by atoms with Crippen molar-refractivity contribution in [3.8, 4) is 0 Å². The minimum atomic E-state index is -0.467. The maximum absolute atomic E-state index is 10.0. The van der Waals surface area contributed by atoms with Crippen LogP contribution in [0.1, 0.15) is 24.5 Å². The number of hydrogen-bond acceptors (Lipinski definition) is 4. The molecule has 0 radical (unpaired) electrons. The van der Waals surface area contributed by atoms with Crippen molar-refractivity contribution in [3.63, 3.8) is 0 Å². The van der Waals surface area contributed by atoms with Gasteiger partial charge in [0.2, 0.25) is 0 Å². The molecule has 0 aliphatic heterocycles. The fraction of sp³-hybridized carbons (Fsp3) is 0.600. The number of nitrogens with one attached hydrogen (secondary N) is 1. The van der Waals surface area contributed by atoms with E-state index in [0.29, 0.717) is 19.8 Å². The lowest BCUT2D eigenvalue weighted by Gasteiger charge is -2.12. The SMILES string of the molecule is COCCOCCCCNCC(O)c1cccc(Br)c1. The third-order valence-corrected chi connectivity index (χ3v) is 3.39. The third kappa shape index (κ3) is 7.97. The second kappa shape index (κ2) is 11.2. The molecule has 0 spiro atoms. The second-order valence-electron chi connectivity index (χ2n) is 4.59. The molecule has 0 fully saturated rings. The summed E-state index contributed by atoms with van der Waals surface area (Å²) < 4.78 is 11.3. The van der Waals surface area contributed by atoms with Crippen LogP contribution < -0.4 is 5.32 Å². The summed E-state index contributed by atoms with van der Waals surface area (Å²) in [7, 11) is 1.67. The van der Waals surface area contributed by atoms with E-state index >= 15 is 0 Å². The van der Waals surface area contributed by atoms with E-state index in [2.05, 4.69) is 21.2 Å².